The highest BCUT2D eigenvalue weighted by Crippen LogP contribution is 2.28. The molecule has 2 N–H and O–H groups in total. The number of amides is 2. The molecule has 4 rings (SSSR count). The van der Waals surface area contributed by atoms with E-state index >= 15 is 0 Å². The van der Waals surface area contributed by atoms with Gasteiger partial charge < -0.3 is 10.2 Å². The largest absolute Gasteiger partial charge is 0.326 e. The third kappa shape index (κ3) is 5.47. The average molecular weight is 539 g/mol. The normalized spacial score (nSPS) is 15.9. The van der Waals surface area contributed by atoms with Gasteiger partial charge in [-0.05, 0) is 66.7 Å². The zero-order chi connectivity index (χ0) is 24.5. The number of anilines is 3. The Morgan fingerprint density at radius 2 is 1.53 bits per heavy atom. The van der Waals surface area contributed by atoms with E-state index in [1.807, 2.05) is 0 Å². The van der Waals surface area contributed by atoms with Crippen LogP contribution in [0.3, 0.4) is 0 Å². The fourth-order valence-electron chi connectivity index (χ4n) is 3.49. The summed E-state index contributed by atoms with van der Waals surface area (Å²) < 4.78 is 27.7. The van der Waals surface area contributed by atoms with Crippen molar-refractivity contribution in [3.63, 3.8) is 0 Å². The zero-order valence-electron chi connectivity index (χ0n) is 17.5. The molecule has 11 heteroatoms. The maximum atomic E-state index is 12.7. The highest BCUT2D eigenvalue weighted by atomic mass is 35.5. The summed E-state index contributed by atoms with van der Waals surface area (Å²) in [6.45, 7) is 0.242. The molecule has 0 aliphatic carbocycles. The standard InChI is InChI=1S/C23H18Cl3N3O4S/c24-15-1-6-18(7-2-15)29-13-14(11-22(29)30)23(31)27-16-3-8-19(9-4-16)34(32,33)28-17-5-10-20(25)21(26)12-17/h1-10,12,14,28H,11,13H2,(H,27,31). The molecule has 0 radical (unpaired) electrons. The van der Waals surface area contributed by atoms with Crippen molar-refractivity contribution < 1.29 is 18.0 Å². The second kappa shape index (κ2) is 9.84. The zero-order valence-corrected chi connectivity index (χ0v) is 20.5. The topological polar surface area (TPSA) is 95.6 Å². The minimum atomic E-state index is -3.88. The van der Waals surface area contributed by atoms with Gasteiger partial charge in [0.1, 0.15) is 0 Å². The maximum absolute atomic E-state index is 12.7. The van der Waals surface area contributed by atoms with Crippen molar-refractivity contribution in [1.82, 2.24) is 0 Å². The molecule has 1 saturated heterocycles. The van der Waals surface area contributed by atoms with Gasteiger partial charge in [0.15, 0.2) is 0 Å². The number of nitrogens with one attached hydrogen (secondary N) is 2. The van der Waals surface area contributed by atoms with Gasteiger partial charge in [0.25, 0.3) is 10.0 Å². The number of sulfonamides is 1. The molecule has 0 aromatic heterocycles. The molecule has 3 aromatic carbocycles. The van der Waals surface area contributed by atoms with E-state index in [2.05, 4.69) is 10.0 Å². The number of hydrogen-bond donors (Lipinski definition) is 2. The Hall–Kier alpha value is -2.78. The molecule has 2 amide bonds. The van der Waals surface area contributed by atoms with Crippen LogP contribution in [0.5, 0.6) is 0 Å². The van der Waals surface area contributed by atoms with Gasteiger partial charge in [0, 0.05) is 29.4 Å². The predicted molar refractivity (Wildman–Crippen MR) is 134 cm³/mol. The van der Waals surface area contributed by atoms with E-state index in [0.29, 0.717) is 21.4 Å². The number of carbonyl (C=O) groups excluding carboxylic acids is 2. The summed E-state index contributed by atoms with van der Waals surface area (Å²) in [5, 5.41) is 3.83. The predicted octanol–water partition coefficient (Wildman–Crippen LogP) is 5.44. The Kier molecular flexibility index (Phi) is 7.04. The second-order valence-corrected chi connectivity index (χ2v) is 10.6. The van der Waals surface area contributed by atoms with Crippen LogP contribution in [-0.4, -0.2) is 26.8 Å². The smallest absolute Gasteiger partial charge is 0.261 e. The van der Waals surface area contributed by atoms with Crippen molar-refractivity contribution >= 4 is 73.7 Å². The summed E-state index contributed by atoms with van der Waals surface area (Å²) in [5.41, 5.74) is 1.35. The number of benzene rings is 3. The van der Waals surface area contributed by atoms with Gasteiger partial charge in [0.05, 0.1) is 26.5 Å². The third-order valence-corrected chi connectivity index (χ3v) is 7.63. The van der Waals surface area contributed by atoms with Crippen molar-refractivity contribution in [2.45, 2.75) is 11.3 Å². The Morgan fingerprint density at radius 1 is 0.882 bits per heavy atom. The quantitative estimate of drug-likeness (QED) is 0.437. The van der Waals surface area contributed by atoms with Gasteiger partial charge in [-0.15, -0.1) is 0 Å². The van der Waals surface area contributed by atoms with Gasteiger partial charge in [0.2, 0.25) is 11.8 Å². The van der Waals surface area contributed by atoms with Crippen LogP contribution >= 0.6 is 34.8 Å². The summed E-state index contributed by atoms with van der Waals surface area (Å²) >= 11 is 17.7. The average Bonchev–Trinajstić information content (AvgIpc) is 3.19. The summed E-state index contributed by atoms with van der Waals surface area (Å²) in [5.74, 6) is -1.02. The van der Waals surface area contributed by atoms with Crippen LogP contribution in [0.25, 0.3) is 0 Å². The van der Waals surface area contributed by atoms with E-state index < -0.39 is 15.9 Å². The fraction of sp³-hybridized carbons (Fsp3) is 0.130. The summed E-state index contributed by atoms with van der Waals surface area (Å²) in [4.78, 5) is 26.7. The molecule has 1 aliphatic rings. The number of hydrogen-bond acceptors (Lipinski definition) is 4. The van der Waals surface area contributed by atoms with Crippen LogP contribution in [0, 0.1) is 5.92 Å². The Balaban J connectivity index is 1.40. The van der Waals surface area contributed by atoms with E-state index in [0.717, 1.165) is 0 Å². The SMILES string of the molecule is O=C(Nc1ccc(S(=O)(=O)Nc2ccc(Cl)c(Cl)c2)cc1)C1CC(=O)N(c2ccc(Cl)cc2)C1. The molecule has 7 nitrogen and oxygen atoms in total. The molecular weight excluding hydrogens is 521 g/mol. The Labute approximate surface area is 211 Å². The summed E-state index contributed by atoms with van der Waals surface area (Å²) in [6, 6.07) is 16.9. The molecule has 1 atom stereocenters. The fourth-order valence-corrected chi connectivity index (χ4v) is 4.96. The van der Waals surface area contributed by atoms with E-state index in [9.17, 15) is 18.0 Å². The minimum Gasteiger partial charge on any atom is -0.326 e. The number of halogens is 3. The van der Waals surface area contributed by atoms with Crippen LogP contribution in [0.15, 0.2) is 71.6 Å². The second-order valence-electron chi connectivity index (χ2n) is 7.63. The van der Waals surface area contributed by atoms with Crippen molar-refractivity contribution in [2.24, 2.45) is 5.92 Å². The van der Waals surface area contributed by atoms with Crippen LogP contribution in [-0.2, 0) is 19.6 Å². The molecule has 1 aliphatic heterocycles. The van der Waals surface area contributed by atoms with Gasteiger partial charge in [-0.2, -0.15) is 0 Å². The Morgan fingerprint density at radius 3 is 2.18 bits per heavy atom. The lowest BCUT2D eigenvalue weighted by atomic mass is 10.1. The molecular formula is C23H18Cl3N3O4S. The number of rotatable bonds is 6. The number of carbonyl (C=O) groups is 2. The molecule has 1 heterocycles. The molecule has 0 saturated carbocycles. The first-order valence-corrected chi connectivity index (χ1v) is 12.7. The van der Waals surface area contributed by atoms with Gasteiger partial charge in [-0.1, -0.05) is 34.8 Å². The molecule has 176 valence electrons. The minimum absolute atomic E-state index is 0.00142. The van der Waals surface area contributed by atoms with Crippen LogP contribution < -0.4 is 14.9 Å². The van der Waals surface area contributed by atoms with Gasteiger partial charge in [-0.25, -0.2) is 8.42 Å². The molecule has 1 fully saturated rings. The first-order chi connectivity index (χ1) is 16.1. The highest BCUT2D eigenvalue weighted by Gasteiger charge is 2.35. The first kappa shape index (κ1) is 24.3. The van der Waals surface area contributed by atoms with E-state index in [4.69, 9.17) is 34.8 Å². The number of nitrogens with zero attached hydrogens (tertiary/aromatic N) is 1. The Bertz CT molecular complexity index is 1350. The highest BCUT2D eigenvalue weighted by molar-refractivity contribution is 7.92. The molecule has 34 heavy (non-hydrogen) atoms. The van der Waals surface area contributed by atoms with Crippen LogP contribution in [0.4, 0.5) is 17.1 Å². The van der Waals surface area contributed by atoms with E-state index in [1.54, 1.807) is 29.2 Å². The monoisotopic (exact) mass is 537 g/mol. The van der Waals surface area contributed by atoms with Gasteiger partial charge >= 0.3 is 0 Å². The third-order valence-electron chi connectivity index (χ3n) is 5.24. The molecule has 0 spiro atoms. The van der Waals surface area contributed by atoms with Crippen molar-refractivity contribution in [3.05, 3.63) is 81.8 Å². The van der Waals surface area contributed by atoms with Crippen LogP contribution in [0.1, 0.15) is 6.42 Å². The van der Waals surface area contributed by atoms with E-state index in [1.165, 1.54) is 42.5 Å². The lowest BCUT2D eigenvalue weighted by molar-refractivity contribution is -0.122. The first-order valence-electron chi connectivity index (χ1n) is 10.1. The molecule has 0 bridgehead atoms. The van der Waals surface area contributed by atoms with Gasteiger partial charge in [-0.3, -0.25) is 14.3 Å². The maximum Gasteiger partial charge on any atom is 0.261 e. The molecule has 1 unspecified atom stereocenters. The van der Waals surface area contributed by atoms with E-state index in [-0.39, 0.29) is 40.4 Å². The summed E-state index contributed by atoms with van der Waals surface area (Å²) in [6.07, 6.45) is 0.0779. The lowest BCUT2D eigenvalue weighted by Gasteiger charge is -2.17. The summed E-state index contributed by atoms with van der Waals surface area (Å²) in [7, 11) is -3.88. The molecule has 3 aromatic rings. The van der Waals surface area contributed by atoms with Crippen molar-refractivity contribution in [3.8, 4) is 0 Å². The van der Waals surface area contributed by atoms with Crippen molar-refractivity contribution in [2.75, 3.05) is 21.5 Å². The lowest BCUT2D eigenvalue weighted by Crippen LogP contribution is -2.28. The van der Waals surface area contributed by atoms with Crippen LogP contribution in [0.2, 0.25) is 15.1 Å². The van der Waals surface area contributed by atoms with Crippen molar-refractivity contribution in [1.29, 1.82) is 0 Å².